The second-order valence-electron chi connectivity index (χ2n) is 4.29. The number of nitriles is 1. The highest BCUT2D eigenvalue weighted by atomic mass is 35.5. The maximum atomic E-state index is 13.4. The molecule has 2 rings (SSSR count). The lowest BCUT2D eigenvalue weighted by Gasteiger charge is -2.14. The Kier molecular flexibility index (Phi) is 3.02. The molecule has 1 aromatic rings. The first-order valence-electron chi connectivity index (χ1n) is 5.22. The zero-order chi connectivity index (χ0) is 11.6. The zero-order valence-corrected chi connectivity index (χ0v) is 9.52. The quantitative estimate of drug-likeness (QED) is 0.870. The summed E-state index contributed by atoms with van der Waals surface area (Å²) < 4.78 is 13.4. The van der Waals surface area contributed by atoms with Crippen molar-refractivity contribution in [2.75, 3.05) is 11.9 Å². The number of nitrogens with one attached hydrogen (secondary N) is 1. The molecule has 0 aliphatic heterocycles. The fourth-order valence-electron chi connectivity index (χ4n) is 1.70. The first kappa shape index (κ1) is 11.2. The van der Waals surface area contributed by atoms with Crippen molar-refractivity contribution in [3.8, 4) is 6.07 Å². The molecule has 4 heteroatoms. The van der Waals surface area contributed by atoms with Crippen molar-refractivity contribution in [1.29, 1.82) is 5.26 Å². The molecule has 0 radical (unpaired) electrons. The fraction of sp³-hybridized carbons (Fsp3) is 0.417. The van der Waals surface area contributed by atoms with E-state index < -0.39 is 0 Å². The molecule has 0 saturated heterocycles. The minimum Gasteiger partial charge on any atom is -0.381 e. The highest BCUT2D eigenvalue weighted by Crippen LogP contribution is 2.48. The molecule has 0 atom stereocenters. The minimum atomic E-state index is -0.347. The van der Waals surface area contributed by atoms with Crippen LogP contribution in [-0.2, 0) is 0 Å². The predicted molar refractivity (Wildman–Crippen MR) is 61.8 cm³/mol. The van der Waals surface area contributed by atoms with Crippen molar-refractivity contribution in [1.82, 2.24) is 0 Å². The normalized spacial score (nSPS) is 16.6. The minimum absolute atomic E-state index is 0.0420. The molecule has 1 saturated carbocycles. The van der Waals surface area contributed by atoms with Crippen molar-refractivity contribution < 1.29 is 4.39 Å². The van der Waals surface area contributed by atoms with Gasteiger partial charge in [-0.1, -0.05) is 17.7 Å². The van der Waals surface area contributed by atoms with Crippen LogP contribution in [0.2, 0.25) is 5.02 Å². The van der Waals surface area contributed by atoms with Crippen molar-refractivity contribution in [2.45, 2.75) is 19.3 Å². The van der Waals surface area contributed by atoms with Crippen LogP contribution in [0.4, 0.5) is 10.1 Å². The van der Waals surface area contributed by atoms with E-state index in [1.807, 2.05) is 0 Å². The van der Waals surface area contributed by atoms with E-state index in [0.717, 1.165) is 12.8 Å². The summed E-state index contributed by atoms with van der Waals surface area (Å²) in [6, 6.07) is 6.77. The molecule has 0 amide bonds. The monoisotopic (exact) mass is 238 g/mol. The predicted octanol–water partition coefficient (Wildman–Crippen LogP) is 3.58. The molecule has 0 heterocycles. The SMILES string of the molecule is N#CCC1(CNc2c(F)cccc2Cl)CC1. The van der Waals surface area contributed by atoms with Crippen LogP contribution in [0.1, 0.15) is 19.3 Å². The highest BCUT2D eigenvalue weighted by molar-refractivity contribution is 6.33. The second-order valence-corrected chi connectivity index (χ2v) is 4.69. The molecule has 1 aliphatic carbocycles. The molecule has 2 nitrogen and oxygen atoms in total. The van der Waals surface area contributed by atoms with E-state index in [1.165, 1.54) is 6.07 Å². The molecule has 0 bridgehead atoms. The van der Waals surface area contributed by atoms with Gasteiger partial charge < -0.3 is 5.32 Å². The van der Waals surface area contributed by atoms with Gasteiger partial charge in [-0.2, -0.15) is 5.26 Å². The molecular formula is C12H12ClFN2. The van der Waals surface area contributed by atoms with Gasteiger partial charge in [-0.25, -0.2) is 4.39 Å². The van der Waals surface area contributed by atoms with Crippen LogP contribution in [0, 0.1) is 22.6 Å². The molecule has 0 aromatic heterocycles. The Labute approximate surface area is 99.0 Å². The van der Waals surface area contributed by atoms with Crippen LogP contribution in [0.15, 0.2) is 18.2 Å². The maximum Gasteiger partial charge on any atom is 0.147 e. The van der Waals surface area contributed by atoms with E-state index >= 15 is 0 Å². The average molecular weight is 239 g/mol. The van der Waals surface area contributed by atoms with Crippen LogP contribution in [0.3, 0.4) is 0 Å². The first-order chi connectivity index (χ1) is 7.67. The van der Waals surface area contributed by atoms with Crippen molar-refractivity contribution in [2.24, 2.45) is 5.41 Å². The summed E-state index contributed by atoms with van der Waals surface area (Å²) >= 11 is 5.89. The summed E-state index contributed by atoms with van der Waals surface area (Å²) in [5, 5.41) is 12.1. The number of hydrogen-bond acceptors (Lipinski definition) is 2. The Morgan fingerprint density at radius 1 is 1.50 bits per heavy atom. The van der Waals surface area contributed by atoms with Gasteiger partial charge in [-0.3, -0.25) is 0 Å². The maximum absolute atomic E-state index is 13.4. The number of benzene rings is 1. The van der Waals surface area contributed by atoms with Gasteiger partial charge in [0, 0.05) is 18.4 Å². The van der Waals surface area contributed by atoms with Gasteiger partial charge in [0.1, 0.15) is 5.82 Å². The molecule has 0 unspecified atom stereocenters. The summed E-state index contributed by atoms with van der Waals surface area (Å²) in [4.78, 5) is 0. The van der Waals surface area contributed by atoms with Crippen LogP contribution < -0.4 is 5.32 Å². The number of rotatable bonds is 4. The third-order valence-corrected chi connectivity index (χ3v) is 3.33. The third kappa shape index (κ3) is 2.28. The lowest BCUT2D eigenvalue weighted by molar-refractivity contribution is 0.553. The lowest BCUT2D eigenvalue weighted by Crippen LogP contribution is -2.15. The smallest absolute Gasteiger partial charge is 0.147 e. The zero-order valence-electron chi connectivity index (χ0n) is 8.76. The van der Waals surface area contributed by atoms with E-state index in [1.54, 1.807) is 12.1 Å². The Morgan fingerprint density at radius 3 is 2.81 bits per heavy atom. The largest absolute Gasteiger partial charge is 0.381 e. The van der Waals surface area contributed by atoms with Gasteiger partial charge in [0.05, 0.1) is 16.8 Å². The van der Waals surface area contributed by atoms with E-state index in [9.17, 15) is 4.39 Å². The van der Waals surface area contributed by atoms with Crippen LogP contribution >= 0.6 is 11.6 Å². The number of hydrogen-bond donors (Lipinski definition) is 1. The number of para-hydroxylation sites is 1. The van der Waals surface area contributed by atoms with Crippen LogP contribution in [0.5, 0.6) is 0 Å². The van der Waals surface area contributed by atoms with Gasteiger partial charge in [0.15, 0.2) is 0 Å². The molecule has 84 valence electrons. The number of anilines is 1. The van der Waals surface area contributed by atoms with E-state index in [0.29, 0.717) is 23.7 Å². The lowest BCUT2D eigenvalue weighted by atomic mass is 10.0. The molecule has 1 fully saturated rings. The van der Waals surface area contributed by atoms with E-state index in [4.69, 9.17) is 16.9 Å². The fourth-order valence-corrected chi connectivity index (χ4v) is 1.93. The molecular weight excluding hydrogens is 227 g/mol. The van der Waals surface area contributed by atoms with Gasteiger partial charge in [-0.05, 0) is 25.0 Å². The number of halogens is 2. The summed E-state index contributed by atoms with van der Waals surface area (Å²) in [7, 11) is 0. The standard InChI is InChI=1S/C12H12ClFN2/c13-9-2-1-3-10(14)11(9)16-8-12(4-5-12)6-7-15/h1-3,16H,4-6,8H2. The summed E-state index contributed by atoms with van der Waals surface area (Å²) in [5.74, 6) is -0.347. The third-order valence-electron chi connectivity index (χ3n) is 3.01. The Bertz CT molecular complexity index is 415. The number of nitrogens with zero attached hydrogens (tertiary/aromatic N) is 1. The Balaban J connectivity index is 2.03. The molecule has 16 heavy (non-hydrogen) atoms. The molecule has 1 N–H and O–H groups in total. The summed E-state index contributed by atoms with van der Waals surface area (Å²) in [6.45, 7) is 0.612. The van der Waals surface area contributed by atoms with Gasteiger partial charge >= 0.3 is 0 Å². The summed E-state index contributed by atoms with van der Waals surface area (Å²) in [5.41, 5.74) is 0.383. The molecule has 0 spiro atoms. The van der Waals surface area contributed by atoms with Gasteiger partial charge in [-0.15, -0.1) is 0 Å². The second kappa shape index (κ2) is 4.31. The molecule has 1 aromatic carbocycles. The molecule has 1 aliphatic rings. The highest BCUT2D eigenvalue weighted by Gasteiger charge is 2.42. The van der Waals surface area contributed by atoms with Crippen LogP contribution in [0.25, 0.3) is 0 Å². The van der Waals surface area contributed by atoms with E-state index in [2.05, 4.69) is 11.4 Å². The average Bonchev–Trinajstić information content (AvgIpc) is 2.98. The van der Waals surface area contributed by atoms with Crippen molar-refractivity contribution in [3.63, 3.8) is 0 Å². The Morgan fingerprint density at radius 2 is 2.25 bits per heavy atom. The first-order valence-corrected chi connectivity index (χ1v) is 5.59. The van der Waals surface area contributed by atoms with Crippen LogP contribution in [-0.4, -0.2) is 6.54 Å². The van der Waals surface area contributed by atoms with Crippen molar-refractivity contribution in [3.05, 3.63) is 29.0 Å². The summed E-state index contributed by atoms with van der Waals surface area (Å²) in [6.07, 6.45) is 2.57. The topological polar surface area (TPSA) is 35.8 Å². The van der Waals surface area contributed by atoms with E-state index in [-0.39, 0.29) is 11.2 Å². The van der Waals surface area contributed by atoms with Crippen molar-refractivity contribution >= 4 is 17.3 Å². The van der Waals surface area contributed by atoms with Gasteiger partial charge in [0.2, 0.25) is 0 Å². The Hall–Kier alpha value is -1.27. The van der Waals surface area contributed by atoms with Gasteiger partial charge in [0.25, 0.3) is 0 Å².